The van der Waals surface area contributed by atoms with E-state index >= 15 is 0 Å². The van der Waals surface area contributed by atoms with E-state index in [1.165, 1.54) is 24.8 Å². The van der Waals surface area contributed by atoms with E-state index in [0.717, 1.165) is 24.3 Å². The summed E-state index contributed by atoms with van der Waals surface area (Å²) in [5.74, 6) is 0.464. The number of nitrogens with one attached hydrogen (secondary N) is 1. The van der Waals surface area contributed by atoms with Crippen LogP contribution in [0.5, 0.6) is 0 Å². The lowest BCUT2D eigenvalue weighted by Crippen LogP contribution is -2.29. The van der Waals surface area contributed by atoms with Crippen LogP contribution in [0.1, 0.15) is 30.4 Å². The SMILES string of the molecule is Cc1ccc(C[N+]2=C(N)C(=Nc3ccc(N4CCCCC4)cc3NC(N)=O)C=N2)cc1. The molecule has 0 saturated carbocycles. The van der Waals surface area contributed by atoms with Gasteiger partial charge in [-0.05, 0) is 49.9 Å². The molecule has 0 atom stereocenters. The minimum atomic E-state index is -0.629. The van der Waals surface area contributed by atoms with Crippen molar-refractivity contribution in [2.75, 3.05) is 23.3 Å². The number of hydrogen-bond donors (Lipinski definition) is 3. The monoisotopic (exact) mass is 418 g/mol. The third-order valence-corrected chi connectivity index (χ3v) is 5.51. The highest BCUT2D eigenvalue weighted by Crippen LogP contribution is 2.31. The van der Waals surface area contributed by atoms with E-state index < -0.39 is 6.03 Å². The summed E-state index contributed by atoms with van der Waals surface area (Å²) >= 11 is 0. The number of aryl methyl sites for hydroxylation is 1. The van der Waals surface area contributed by atoms with Gasteiger partial charge in [-0.3, -0.25) is 5.73 Å². The quantitative estimate of drug-likeness (QED) is 0.649. The van der Waals surface area contributed by atoms with E-state index in [4.69, 9.17) is 11.5 Å². The molecule has 0 radical (unpaired) electrons. The number of amides is 2. The Bertz CT molecular complexity index is 1060. The molecule has 8 heteroatoms. The number of nitrogens with two attached hydrogens (primary N) is 2. The molecule has 1 fully saturated rings. The summed E-state index contributed by atoms with van der Waals surface area (Å²) in [4.78, 5) is 18.5. The second kappa shape index (κ2) is 8.99. The number of carbonyl (C=O) groups excluding carboxylic acids is 1. The maximum atomic E-state index is 11.6. The van der Waals surface area contributed by atoms with Gasteiger partial charge in [0.1, 0.15) is 12.8 Å². The van der Waals surface area contributed by atoms with Crippen LogP contribution in [0.4, 0.5) is 21.9 Å². The minimum absolute atomic E-state index is 0.464. The number of piperidine rings is 1. The van der Waals surface area contributed by atoms with Crippen molar-refractivity contribution in [3.63, 3.8) is 0 Å². The zero-order chi connectivity index (χ0) is 21.8. The van der Waals surface area contributed by atoms with Gasteiger partial charge in [-0.25, -0.2) is 9.79 Å². The number of urea groups is 1. The molecule has 2 amide bonds. The predicted molar refractivity (Wildman–Crippen MR) is 126 cm³/mol. The minimum Gasteiger partial charge on any atom is -0.371 e. The fraction of sp³-hybridized carbons (Fsp3) is 0.304. The van der Waals surface area contributed by atoms with E-state index in [1.54, 1.807) is 10.9 Å². The lowest BCUT2D eigenvalue weighted by molar-refractivity contribution is -0.546. The molecule has 0 unspecified atom stereocenters. The number of primary amides is 1. The van der Waals surface area contributed by atoms with E-state index in [1.807, 2.05) is 18.2 Å². The van der Waals surface area contributed by atoms with Gasteiger partial charge in [-0.15, -0.1) is 4.68 Å². The topological polar surface area (TPSA) is 112 Å². The van der Waals surface area contributed by atoms with Gasteiger partial charge in [0.2, 0.25) is 0 Å². The van der Waals surface area contributed by atoms with E-state index in [2.05, 4.69) is 51.5 Å². The summed E-state index contributed by atoms with van der Waals surface area (Å²) in [5.41, 5.74) is 16.8. The molecule has 2 heterocycles. The van der Waals surface area contributed by atoms with Crippen molar-refractivity contribution in [2.24, 2.45) is 21.6 Å². The van der Waals surface area contributed by atoms with Crippen molar-refractivity contribution in [1.82, 2.24) is 0 Å². The molecule has 2 aliphatic heterocycles. The van der Waals surface area contributed by atoms with Crippen molar-refractivity contribution in [1.29, 1.82) is 0 Å². The Morgan fingerprint density at radius 1 is 1.16 bits per heavy atom. The largest absolute Gasteiger partial charge is 0.371 e. The molecular weight excluding hydrogens is 390 g/mol. The fourth-order valence-corrected chi connectivity index (χ4v) is 3.80. The first-order valence-corrected chi connectivity index (χ1v) is 10.5. The molecule has 2 aromatic carbocycles. The highest BCUT2D eigenvalue weighted by Gasteiger charge is 2.23. The molecule has 2 aromatic rings. The number of rotatable bonds is 5. The van der Waals surface area contributed by atoms with E-state index in [-0.39, 0.29) is 0 Å². The Morgan fingerprint density at radius 2 is 1.90 bits per heavy atom. The summed E-state index contributed by atoms with van der Waals surface area (Å²) in [7, 11) is 0. The average Bonchev–Trinajstić information content (AvgIpc) is 3.10. The van der Waals surface area contributed by atoms with Gasteiger partial charge in [0.25, 0.3) is 0 Å². The molecule has 31 heavy (non-hydrogen) atoms. The van der Waals surface area contributed by atoms with Crippen LogP contribution in [0.15, 0.2) is 52.6 Å². The number of aliphatic imine (C=N–C) groups is 1. The van der Waals surface area contributed by atoms with Crippen molar-refractivity contribution in [2.45, 2.75) is 32.7 Å². The second-order valence-corrected chi connectivity index (χ2v) is 7.91. The first kappa shape index (κ1) is 20.6. The third kappa shape index (κ3) is 4.91. The second-order valence-electron chi connectivity index (χ2n) is 7.91. The smallest absolute Gasteiger partial charge is 0.321 e. The van der Waals surface area contributed by atoms with Gasteiger partial charge in [0.05, 0.1) is 11.4 Å². The zero-order valence-electron chi connectivity index (χ0n) is 17.7. The van der Waals surface area contributed by atoms with Gasteiger partial charge in [-0.2, -0.15) is 0 Å². The number of hydrogen-bond acceptors (Lipinski definition) is 5. The van der Waals surface area contributed by atoms with Crippen molar-refractivity contribution in [3.8, 4) is 0 Å². The number of amidine groups is 1. The molecule has 0 aliphatic carbocycles. The van der Waals surface area contributed by atoms with E-state index in [0.29, 0.717) is 29.5 Å². The van der Waals surface area contributed by atoms with Crippen molar-refractivity contribution < 1.29 is 9.48 Å². The Balaban J connectivity index is 1.60. The summed E-state index contributed by atoms with van der Waals surface area (Å²) in [6.07, 6.45) is 5.22. The van der Waals surface area contributed by atoms with Crippen LogP contribution in [0.3, 0.4) is 0 Å². The number of benzene rings is 2. The Labute approximate surface area is 182 Å². The molecule has 1 saturated heterocycles. The molecule has 2 aliphatic rings. The summed E-state index contributed by atoms with van der Waals surface area (Å²) in [6.45, 7) is 4.62. The standard InChI is InChI=1S/C23H27N7O/c1-16-5-7-17(8-6-16)15-30-22(24)21(14-26-30)27-19-10-9-18(13-20(19)28-23(25)31)29-11-3-2-4-12-29/h5-10,13-14H,2-4,11-12,15H2,1H3,(H4,24,25,26,28,31)/p+1. The maximum Gasteiger partial charge on any atom is 0.321 e. The van der Waals surface area contributed by atoms with Gasteiger partial charge >= 0.3 is 11.9 Å². The number of carbonyl (C=O) groups is 1. The Morgan fingerprint density at radius 3 is 2.61 bits per heavy atom. The van der Waals surface area contributed by atoms with Gasteiger partial charge in [-0.1, -0.05) is 34.9 Å². The highest BCUT2D eigenvalue weighted by atomic mass is 16.2. The molecule has 0 aromatic heterocycles. The van der Waals surface area contributed by atoms with Crippen LogP contribution < -0.4 is 21.7 Å². The summed E-state index contributed by atoms with van der Waals surface area (Å²) < 4.78 is 1.72. The van der Waals surface area contributed by atoms with Gasteiger partial charge in [0.15, 0.2) is 5.71 Å². The maximum absolute atomic E-state index is 11.6. The van der Waals surface area contributed by atoms with E-state index in [9.17, 15) is 4.79 Å². The molecule has 160 valence electrons. The van der Waals surface area contributed by atoms with Crippen LogP contribution >= 0.6 is 0 Å². The van der Waals surface area contributed by atoms with Gasteiger partial charge in [0, 0.05) is 18.8 Å². The van der Waals surface area contributed by atoms with Crippen LogP contribution in [0, 0.1) is 6.92 Å². The normalized spacial score (nSPS) is 17.5. The molecule has 8 nitrogen and oxygen atoms in total. The third-order valence-electron chi connectivity index (χ3n) is 5.51. The molecule has 0 bridgehead atoms. The predicted octanol–water partition coefficient (Wildman–Crippen LogP) is 3.12. The number of anilines is 2. The lowest BCUT2D eigenvalue weighted by atomic mass is 10.1. The Kier molecular flexibility index (Phi) is 5.97. The Hall–Kier alpha value is -3.68. The summed E-state index contributed by atoms with van der Waals surface area (Å²) in [5, 5.41) is 7.08. The molecule has 5 N–H and O–H groups in total. The van der Waals surface area contributed by atoms with Crippen molar-refractivity contribution >= 4 is 40.9 Å². The first-order chi connectivity index (χ1) is 15.0. The van der Waals surface area contributed by atoms with Gasteiger partial charge < -0.3 is 16.0 Å². The zero-order valence-corrected chi connectivity index (χ0v) is 17.7. The van der Waals surface area contributed by atoms with Crippen LogP contribution in [0.25, 0.3) is 0 Å². The fourth-order valence-electron chi connectivity index (χ4n) is 3.80. The molecular formula is C23H28N7O+. The highest BCUT2D eigenvalue weighted by molar-refractivity contribution is 6.62. The van der Waals surface area contributed by atoms with Crippen LogP contribution in [0.2, 0.25) is 0 Å². The lowest BCUT2D eigenvalue weighted by Gasteiger charge is -2.29. The molecule has 0 spiro atoms. The summed E-state index contributed by atoms with van der Waals surface area (Å²) in [6, 6.07) is 13.4. The van der Waals surface area contributed by atoms with Crippen molar-refractivity contribution in [3.05, 3.63) is 53.6 Å². The van der Waals surface area contributed by atoms with Crippen LogP contribution in [-0.2, 0) is 6.54 Å². The number of hydrazone groups is 1. The average molecular weight is 419 g/mol. The van der Waals surface area contributed by atoms with Crippen LogP contribution in [-0.4, -0.2) is 41.6 Å². The molecule has 4 rings (SSSR count). The number of nitrogens with zero attached hydrogens (tertiary/aromatic N) is 4. The first-order valence-electron chi connectivity index (χ1n) is 10.5.